The minimum atomic E-state index is -0.332. The topological polar surface area (TPSA) is 93.8 Å². The molecule has 0 saturated carbocycles. The smallest absolute Gasteiger partial charge is 0.271 e. The van der Waals surface area contributed by atoms with Gasteiger partial charge in [-0.1, -0.05) is 6.92 Å². The van der Waals surface area contributed by atoms with Crippen LogP contribution >= 0.6 is 0 Å². The Hall–Kier alpha value is -2.90. The van der Waals surface area contributed by atoms with Crippen molar-refractivity contribution < 1.29 is 9.59 Å². The predicted molar refractivity (Wildman–Crippen MR) is 96.1 cm³/mol. The molecular formula is C17H24N6O2. The molecule has 0 bridgehead atoms. The van der Waals surface area contributed by atoms with Gasteiger partial charge in [-0.15, -0.1) is 0 Å². The zero-order chi connectivity index (χ0) is 18.4. The normalized spacial score (nSPS) is 11.0. The number of hydrogen-bond acceptors (Lipinski definition) is 4. The molecule has 0 aliphatic rings. The SMILES string of the molecule is CCCNC(=O)c1c(NC(=O)/C=C/c2cnn(CC)c2C)cnn1C. The molecule has 0 radical (unpaired) electrons. The molecule has 2 heterocycles. The van der Waals surface area contributed by atoms with Gasteiger partial charge < -0.3 is 10.6 Å². The second-order valence-electron chi connectivity index (χ2n) is 5.61. The molecule has 2 amide bonds. The Balaban J connectivity index is 2.09. The van der Waals surface area contributed by atoms with E-state index >= 15 is 0 Å². The number of carbonyl (C=O) groups is 2. The number of anilines is 1. The first-order valence-electron chi connectivity index (χ1n) is 8.29. The lowest BCUT2D eigenvalue weighted by Crippen LogP contribution is -2.27. The molecule has 0 aromatic carbocycles. The van der Waals surface area contributed by atoms with Gasteiger partial charge in [0.15, 0.2) is 0 Å². The largest absolute Gasteiger partial charge is 0.351 e. The highest BCUT2D eigenvalue weighted by molar-refractivity contribution is 6.06. The van der Waals surface area contributed by atoms with Crippen LogP contribution in [0.4, 0.5) is 5.69 Å². The van der Waals surface area contributed by atoms with Crippen LogP contribution in [0, 0.1) is 6.92 Å². The van der Waals surface area contributed by atoms with E-state index in [4.69, 9.17) is 0 Å². The average Bonchev–Trinajstić information content (AvgIpc) is 3.13. The molecule has 2 N–H and O–H groups in total. The van der Waals surface area contributed by atoms with Crippen molar-refractivity contribution in [3.8, 4) is 0 Å². The molecule has 25 heavy (non-hydrogen) atoms. The lowest BCUT2D eigenvalue weighted by atomic mass is 10.2. The fourth-order valence-electron chi connectivity index (χ4n) is 2.40. The summed E-state index contributed by atoms with van der Waals surface area (Å²) in [5.74, 6) is -0.595. The van der Waals surface area contributed by atoms with Crippen LogP contribution in [0.15, 0.2) is 18.5 Å². The number of amides is 2. The molecule has 2 rings (SSSR count). The second-order valence-corrected chi connectivity index (χ2v) is 5.61. The summed E-state index contributed by atoms with van der Waals surface area (Å²) in [4.78, 5) is 24.4. The Morgan fingerprint density at radius 1 is 1.24 bits per heavy atom. The van der Waals surface area contributed by atoms with Crippen molar-refractivity contribution in [2.75, 3.05) is 11.9 Å². The highest BCUT2D eigenvalue weighted by Gasteiger charge is 2.17. The van der Waals surface area contributed by atoms with Crippen LogP contribution in [-0.2, 0) is 18.4 Å². The number of carbonyl (C=O) groups excluding carboxylic acids is 2. The summed E-state index contributed by atoms with van der Waals surface area (Å²) in [6, 6.07) is 0. The second kappa shape index (κ2) is 8.27. The third kappa shape index (κ3) is 4.34. The van der Waals surface area contributed by atoms with Crippen molar-refractivity contribution in [1.29, 1.82) is 0 Å². The Bertz CT molecular complexity index is 787. The summed E-state index contributed by atoms with van der Waals surface area (Å²) >= 11 is 0. The molecule has 0 aliphatic heterocycles. The minimum absolute atomic E-state index is 0.263. The van der Waals surface area contributed by atoms with Gasteiger partial charge in [0.2, 0.25) is 5.91 Å². The third-order valence-electron chi connectivity index (χ3n) is 3.80. The van der Waals surface area contributed by atoms with Crippen molar-refractivity contribution in [2.45, 2.75) is 33.7 Å². The fourth-order valence-corrected chi connectivity index (χ4v) is 2.40. The molecule has 0 aliphatic carbocycles. The van der Waals surface area contributed by atoms with Gasteiger partial charge in [0, 0.05) is 37.5 Å². The van der Waals surface area contributed by atoms with Crippen molar-refractivity contribution in [1.82, 2.24) is 24.9 Å². The highest BCUT2D eigenvalue weighted by Crippen LogP contribution is 2.15. The molecule has 0 spiro atoms. The van der Waals surface area contributed by atoms with Crippen molar-refractivity contribution in [2.24, 2.45) is 7.05 Å². The van der Waals surface area contributed by atoms with E-state index in [1.54, 1.807) is 19.3 Å². The molecule has 0 saturated heterocycles. The Morgan fingerprint density at radius 3 is 2.64 bits per heavy atom. The van der Waals surface area contributed by atoms with E-state index < -0.39 is 0 Å². The maximum Gasteiger partial charge on any atom is 0.271 e. The van der Waals surface area contributed by atoms with Crippen molar-refractivity contribution in [3.63, 3.8) is 0 Å². The van der Waals surface area contributed by atoms with E-state index in [9.17, 15) is 9.59 Å². The number of nitrogens with one attached hydrogen (secondary N) is 2. The van der Waals surface area contributed by atoms with Gasteiger partial charge in [0.05, 0.1) is 18.1 Å². The van der Waals surface area contributed by atoms with Crippen LogP contribution in [0.3, 0.4) is 0 Å². The maximum absolute atomic E-state index is 12.2. The number of nitrogens with zero attached hydrogens (tertiary/aromatic N) is 4. The first kappa shape index (κ1) is 18.4. The standard InChI is InChI=1S/C17H24N6O2/c1-5-9-18-17(25)16-14(11-19-22(16)4)21-15(24)8-7-13-10-20-23(6-2)12(13)3/h7-8,10-11H,5-6,9H2,1-4H3,(H,18,25)(H,21,24)/b8-7+. The Labute approximate surface area is 146 Å². The van der Waals surface area contributed by atoms with Gasteiger partial charge >= 0.3 is 0 Å². The van der Waals surface area contributed by atoms with Crippen LogP contribution < -0.4 is 10.6 Å². The lowest BCUT2D eigenvalue weighted by Gasteiger charge is -2.07. The number of aromatic nitrogens is 4. The van der Waals surface area contributed by atoms with Crippen molar-refractivity contribution >= 4 is 23.6 Å². The molecule has 2 aromatic heterocycles. The van der Waals surface area contributed by atoms with Crippen LogP contribution in [0.5, 0.6) is 0 Å². The molecule has 134 valence electrons. The summed E-state index contributed by atoms with van der Waals surface area (Å²) in [5.41, 5.74) is 2.58. The molecular weight excluding hydrogens is 320 g/mol. The minimum Gasteiger partial charge on any atom is -0.351 e. The Morgan fingerprint density at radius 2 is 2.00 bits per heavy atom. The van der Waals surface area contributed by atoms with Crippen molar-refractivity contribution in [3.05, 3.63) is 35.4 Å². The van der Waals surface area contributed by atoms with Gasteiger partial charge in [0.1, 0.15) is 5.69 Å². The predicted octanol–water partition coefficient (Wildman–Crippen LogP) is 1.74. The monoisotopic (exact) mass is 344 g/mol. The van der Waals surface area contributed by atoms with E-state index in [0.717, 1.165) is 24.2 Å². The maximum atomic E-state index is 12.2. The first-order valence-corrected chi connectivity index (χ1v) is 8.29. The van der Waals surface area contributed by atoms with Crippen LogP contribution in [0.25, 0.3) is 6.08 Å². The summed E-state index contributed by atoms with van der Waals surface area (Å²) in [7, 11) is 1.66. The fraction of sp³-hybridized carbons (Fsp3) is 0.412. The molecule has 8 heteroatoms. The number of rotatable bonds is 7. The molecule has 0 atom stereocenters. The van der Waals surface area contributed by atoms with Crippen LogP contribution in [0.2, 0.25) is 0 Å². The van der Waals surface area contributed by atoms with E-state index in [0.29, 0.717) is 17.9 Å². The lowest BCUT2D eigenvalue weighted by molar-refractivity contribution is -0.111. The summed E-state index contributed by atoms with van der Waals surface area (Å²) in [5, 5.41) is 13.8. The average molecular weight is 344 g/mol. The zero-order valence-corrected chi connectivity index (χ0v) is 15.0. The third-order valence-corrected chi connectivity index (χ3v) is 3.80. The summed E-state index contributed by atoms with van der Waals surface area (Å²) < 4.78 is 3.30. The van der Waals surface area contributed by atoms with E-state index in [-0.39, 0.29) is 11.8 Å². The van der Waals surface area contributed by atoms with E-state index in [2.05, 4.69) is 20.8 Å². The van der Waals surface area contributed by atoms with Gasteiger partial charge in [-0.2, -0.15) is 10.2 Å². The van der Waals surface area contributed by atoms with Gasteiger partial charge in [-0.05, 0) is 26.3 Å². The highest BCUT2D eigenvalue weighted by atomic mass is 16.2. The molecule has 0 unspecified atom stereocenters. The molecule has 8 nitrogen and oxygen atoms in total. The quantitative estimate of drug-likeness (QED) is 0.748. The molecule has 0 fully saturated rings. The zero-order valence-electron chi connectivity index (χ0n) is 15.0. The summed E-state index contributed by atoms with van der Waals surface area (Å²) in [6.07, 6.45) is 7.14. The first-order chi connectivity index (χ1) is 12.0. The van der Waals surface area contributed by atoms with Gasteiger partial charge in [0.25, 0.3) is 5.91 Å². The van der Waals surface area contributed by atoms with E-state index in [1.165, 1.54) is 17.0 Å². The molecule has 2 aromatic rings. The van der Waals surface area contributed by atoms with E-state index in [1.807, 2.05) is 25.5 Å². The number of aryl methyl sites for hydroxylation is 2. The van der Waals surface area contributed by atoms with Crippen LogP contribution in [0.1, 0.15) is 42.0 Å². The Kier molecular flexibility index (Phi) is 6.10. The summed E-state index contributed by atoms with van der Waals surface area (Å²) in [6.45, 7) is 7.27. The van der Waals surface area contributed by atoms with Gasteiger partial charge in [-0.25, -0.2) is 0 Å². The van der Waals surface area contributed by atoms with Gasteiger partial charge in [-0.3, -0.25) is 19.0 Å². The van der Waals surface area contributed by atoms with Crippen LogP contribution in [-0.4, -0.2) is 37.9 Å². The number of hydrogen-bond donors (Lipinski definition) is 2.